The predicted octanol–water partition coefficient (Wildman–Crippen LogP) is 1.17. The van der Waals surface area contributed by atoms with Crippen LogP contribution in [0.1, 0.15) is 30.4 Å². The Bertz CT molecular complexity index is 552. The molecule has 0 aromatic heterocycles. The van der Waals surface area contributed by atoms with Gasteiger partial charge in [0.15, 0.2) is 0 Å². The summed E-state index contributed by atoms with van der Waals surface area (Å²) in [6.45, 7) is 1.22. The number of carboxylic acids is 1. The maximum absolute atomic E-state index is 12.7. The van der Waals surface area contributed by atoms with Crippen molar-refractivity contribution in [3.8, 4) is 0 Å². The van der Waals surface area contributed by atoms with E-state index in [1.54, 1.807) is 0 Å². The van der Waals surface area contributed by atoms with Crippen molar-refractivity contribution in [1.29, 1.82) is 0 Å². The highest BCUT2D eigenvalue weighted by atomic mass is 16.4. The fourth-order valence-corrected chi connectivity index (χ4v) is 3.24. The molecule has 1 fully saturated rings. The molecule has 2 aliphatic heterocycles. The Labute approximate surface area is 123 Å². The van der Waals surface area contributed by atoms with Gasteiger partial charge in [0.25, 0.3) is 0 Å². The molecule has 2 unspecified atom stereocenters. The van der Waals surface area contributed by atoms with Gasteiger partial charge >= 0.3 is 5.97 Å². The van der Waals surface area contributed by atoms with Gasteiger partial charge in [-0.15, -0.1) is 0 Å². The molecule has 2 atom stereocenters. The fourth-order valence-electron chi connectivity index (χ4n) is 3.24. The Hall–Kier alpha value is -1.88. The number of benzene rings is 1. The van der Waals surface area contributed by atoms with Gasteiger partial charge in [0.2, 0.25) is 5.91 Å². The standard InChI is InChI=1S/C16H20N2O3/c19-15(13-7-3-4-8-17-13)18-10-12-6-2-1-5-11(12)9-14(18)16(20)21/h1-2,5-6,13-14,17H,3-4,7-10H2,(H,20,21). The highest BCUT2D eigenvalue weighted by Gasteiger charge is 2.37. The number of aliphatic carboxylic acids is 1. The summed E-state index contributed by atoms with van der Waals surface area (Å²) in [6, 6.07) is 6.79. The summed E-state index contributed by atoms with van der Waals surface area (Å²) >= 11 is 0. The van der Waals surface area contributed by atoms with E-state index in [1.165, 1.54) is 4.90 Å². The number of carbonyl (C=O) groups excluding carboxylic acids is 1. The van der Waals surface area contributed by atoms with E-state index >= 15 is 0 Å². The van der Waals surface area contributed by atoms with Gasteiger partial charge in [-0.25, -0.2) is 4.79 Å². The van der Waals surface area contributed by atoms with Gasteiger partial charge in [0.05, 0.1) is 6.04 Å². The van der Waals surface area contributed by atoms with Gasteiger partial charge in [-0.1, -0.05) is 30.7 Å². The lowest BCUT2D eigenvalue weighted by molar-refractivity contribution is -0.152. The molecule has 1 saturated heterocycles. The lowest BCUT2D eigenvalue weighted by Crippen LogP contribution is -2.55. The second-order valence-electron chi connectivity index (χ2n) is 5.80. The van der Waals surface area contributed by atoms with Crippen molar-refractivity contribution in [2.75, 3.05) is 6.54 Å². The lowest BCUT2D eigenvalue weighted by atomic mass is 9.92. The third-order valence-corrected chi connectivity index (χ3v) is 4.43. The fraction of sp³-hybridized carbons (Fsp3) is 0.500. The van der Waals surface area contributed by atoms with Crippen LogP contribution in [-0.4, -0.2) is 40.5 Å². The number of nitrogens with zero attached hydrogens (tertiary/aromatic N) is 1. The summed E-state index contributed by atoms with van der Waals surface area (Å²) in [4.78, 5) is 25.8. The van der Waals surface area contributed by atoms with Crippen molar-refractivity contribution in [1.82, 2.24) is 10.2 Å². The van der Waals surface area contributed by atoms with Crippen molar-refractivity contribution in [2.45, 2.75) is 44.3 Å². The van der Waals surface area contributed by atoms with Crippen molar-refractivity contribution in [3.63, 3.8) is 0 Å². The molecule has 1 amide bonds. The maximum Gasteiger partial charge on any atom is 0.326 e. The molecule has 3 rings (SSSR count). The van der Waals surface area contributed by atoms with E-state index in [4.69, 9.17) is 0 Å². The third kappa shape index (κ3) is 2.78. The van der Waals surface area contributed by atoms with Crippen LogP contribution in [0, 0.1) is 0 Å². The van der Waals surface area contributed by atoms with E-state index in [0.29, 0.717) is 13.0 Å². The number of nitrogens with one attached hydrogen (secondary N) is 1. The highest BCUT2D eigenvalue weighted by molar-refractivity contribution is 5.87. The molecule has 0 radical (unpaired) electrons. The summed E-state index contributed by atoms with van der Waals surface area (Å²) in [7, 11) is 0. The topological polar surface area (TPSA) is 69.6 Å². The number of hydrogen-bond acceptors (Lipinski definition) is 3. The van der Waals surface area contributed by atoms with Crippen molar-refractivity contribution >= 4 is 11.9 Å². The van der Waals surface area contributed by atoms with E-state index in [0.717, 1.165) is 36.9 Å². The van der Waals surface area contributed by atoms with Crippen LogP contribution in [0.3, 0.4) is 0 Å². The zero-order valence-electron chi connectivity index (χ0n) is 11.9. The summed E-state index contributed by atoms with van der Waals surface area (Å²) < 4.78 is 0. The molecule has 1 aromatic carbocycles. The number of carbonyl (C=O) groups is 2. The molecule has 2 N–H and O–H groups in total. The van der Waals surface area contributed by atoms with Gasteiger partial charge in [0, 0.05) is 13.0 Å². The molecule has 0 aliphatic carbocycles. The largest absolute Gasteiger partial charge is 0.480 e. The van der Waals surface area contributed by atoms with Gasteiger partial charge in [-0.3, -0.25) is 4.79 Å². The first-order valence-electron chi connectivity index (χ1n) is 7.50. The SMILES string of the molecule is O=C(O)C1Cc2ccccc2CN1C(=O)C1CCCCN1. The summed E-state index contributed by atoms with van der Waals surface area (Å²) in [5.74, 6) is -0.995. The van der Waals surface area contributed by atoms with Crippen LogP contribution >= 0.6 is 0 Å². The van der Waals surface area contributed by atoms with E-state index in [-0.39, 0.29) is 11.9 Å². The molecular weight excluding hydrogens is 268 g/mol. The van der Waals surface area contributed by atoms with Crippen LogP contribution in [0.2, 0.25) is 0 Å². The number of piperidine rings is 1. The molecule has 1 aromatic rings. The quantitative estimate of drug-likeness (QED) is 0.857. The minimum atomic E-state index is -0.923. The molecule has 0 spiro atoms. The Balaban J connectivity index is 1.85. The Morgan fingerprint density at radius 3 is 2.62 bits per heavy atom. The maximum atomic E-state index is 12.7. The average molecular weight is 288 g/mol. The van der Waals surface area contributed by atoms with Gasteiger partial charge in [0.1, 0.15) is 6.04 Å². The molecule has 21 heavy (non-hydrogen) atoms. The second-order valence-corrected chi connectivity index (χ2v) is 5.80. The second kappa shape index (κ2) is 5.85. The molecule has 2 aliphatic rings. The minimum absolute atomic E-state index is 0.0726. The highest BCUT2D eigenvalue weighted by Crippen LogP contribution is 2.25. The average Bonchev–Trinajstić information content (AvgIpc) is 2.53. The number of fused-ring (bicyclic) bond motifs is 1. The van der Waals surface area contributed by atoms with Crippen molar-refractivity contribution in [2.24, 2.45) is 0 Å². The van der Waals surface area contributed by atoms with Crippen molar-refractivity contribution in [3.05, 3.63) is 35.4 Å². The van der Waals surface area contributed by atoms with Crippen molar-refractivity contribution < 1.29 is 14.7 Å². The molecule has 0 bridgehead atoms. The normalized spacial score (nSPS) is 25.2. The van der Waals surface area contributed by atoms with E-state index in [2.05, 4.69) is 5.32 Å². The van der Waals surface area contributed by atoms with E-state index in [9.17, 15) is 14.7 Å². The van der Waals surface area contributed by atoms with Crippen LogP contribution in [0.15, 0.2) is 24.3 Å². The monoisotopic (exact) mass is 288 g/mol. The van der Waals surface area contributed by atoms with Crippen LogP contribution < -0.4 is 5.32 Å². The van der Waals surface area contributed by atoms with Crippen LogP contribution in [-0.2, 0) is 22.6 Å². The molecule has 0 saturated carbocycles. The minimum Gasteiger partial charge on any atom is -0.480 e. The van der Waals surface area contributed by atoms with Crippen LogP contribution in [0.5, 0.6) is 0 Å². The zero-order chi connectivity index (χ0) is 14.8. The number of hydrogen-bond donors (Lipinski definition) is 2. The molecule has 2 heterocycles. The van der Waals surface area contributed by atoms with Crippen LogP contribution in [0.25, 0.3) is 0 Å². The summed E-state index contributed by atoms with van der Waals surface area (Å²) in [5.41, 5.74) is 2.09. The van der Waals surface area contributed by atoms with Gasteiger partial charge < -0.3 is 15.3 Å². The predicted molar refractivity (Wildman–Crippen MR) is 77.8 cm³/mol. The number of amides is 1. The Kier molecular flexibility index (Phi) is 3.92. The molecular formula is C16H20N2O3. The van der Waals surface area contributed by atoms with E-state index < -0.39 is 12.0 Å². The first-order valence-corrected chi connectivity index (χ1v) is 7.50. The summed E-state index contributed by atoms with van der Waals surface area (Å²) in [6.07, 6.45) is 3.29. The molecule has 5 nitrogen and oxygen atoms in total. The zero-order valence-corrected chi connectivity index (χ0v) is 11.9. The lowest BCUT2D eigenvalue weighted by Gasteiger charge is -2.37. The smallest absolute Gasteiger partial charge is 0.326 e. The van der Waals surface area contributed by atoms with E-state index in [1.807, 2.05) is 24.3 Å². The van der Waals surface area contributed by atoms with Gasteiger partial charge in [-0.2, -0.15) is 0 Å². The third-order valence-electron chi connectivity index (χ3n) is 4.43. The molecule has 5 heteroatoms. The first kappa shape index (κ1) is 14.1. The van der Waals surface area contributed by atoms with Gasteiger partial charge in [-0.05, 0) is 30.5 Å². The molecule has 112 valence electrons. The number of rotatable bonds is 2. The Morgan fingerprint density at radius 1 is 1.19 bits per heavy atom. The van der Waals surface area contributed by atoms with Crippen LogP contribution in [0.4, 0.5) is 0 Å². The Morgan fingerprint density at radius 2 is 1.95 bits per heavy atom. The number of carboxylic acid groups (broad SMARTS) is 1. The summed E-state index contributed by atoms with van der Waals surface area (Å²) in [5, 5.41) is 12.7. The first-order chi connectivity index (χ1) is 10.2.